The number of aryl methyl sites for hydroxylation is 2. The van der Waals surface area contributed by atoms with Crippen molar-refractivity contribution in [2.24, 2.45) is 0 Å². The number of imidazole rings is 1. The maximum Gasteiger partial charge on any atom is 0.194 e. The van der Waals surface area contributed by atoms with E-state index >= 15 is 0 Å². The lowest BCUT2D eigenvalue weighted by molar-refractivity contribution is 0.251. The van der Waals surface area contributed by atoms with Gasteiger partial charge in [0.1, 0.15) is 0 Å². The fraction of sp³-hybridized carbons (Fsp3) is 0.667. The predicted octanol–water partition coefficient (Wildman–Crippen LogP) is 3.83. The molecule has 0 radical (unpaired) electrons. The summed E-state index contributed by atoms with van der Waals surface area (Å²) in [5, 5.41) is 3.79. The number of hydrogen-bond donors (Lipinski definition) is 1. The van der Waals surface area contributed by atoms with Crippen LogP contribution < -0.4 is 5.32 Å². The minimum absolute atomic E-state index is 0.319. The van der Waals surface area contributed by atoms with Crippen molar-refractivity contribution >= 4 is 16.3 Å². The summed E-state index contributed by atoms with van der Waals surface area (Å²) in [7, 11) is 0. The molecule has 2 heterocycles. The first-order valence-corrected chi connectivity index (χ1v) is 8.08. The molecule has 3 nitrogen and oxygen atoms in total. The number of fused-ring (bicyclic) bond motifs is 1. The molecule has 0 saturated heterocycles. The summed E-state index contributed by atoms with van der Waals surface area (Å²) in [6.07, 6.45) is 8.94. The highest BCUT2D eigenvalue weighted by atomic mass is 32.1. The molecule has 19 heavy (non-hydrogen) atoms. The first-order valence-electron chi connectivity index (χ1n) is 7.26. The van der Waals surface area contributed by atoms with E-state index in [9.17, 15) is 0 Å². The molecule has 1 aliphatic rings. The maximum atomic E-state index is 4.66. The van der Waals surface area contributed by atoms with E-state index < -0.39 is 0 Å². The molecule has 104 valence electrons. The van der Waals surface area contributed by atoms with Crippen molar-refractivity contribution in [3.8, 4) is 0 Å². The topological polar surface area (TPSA) is 29.3 Å². The van der Waals surface area contributed by atoms with E-state index in [0.717, 1.165) is 17.2 Å². The molecule has 1 N–H and O–H groups in total. The fourth-order valence-electron chi connectivity index (χ4n) is 3.13. The summed E-state index contributed by atoms with van der Waals surface area (Å²) in [5.41, 5.74) is 2.81. The Kier molecular flexibility index (Phi) is 3.39. The van der Waals surface area contributed by atoms with Crippen molar-refractivity contribution in [3.05, 3.63) is 22.5 Å². The zero-order chi connectivity index (χ0) is 13.5. The van der Waals surface area contributed by atoms with E-state index in [2.05, 4.69) is 41.7 Å². The Hall–Kier alpha value is -0.870. The van der Waals surface area contributed by atoms with Crippen LogP contribution in [-0.2, 0) is 6.54 Å². The van der Waals surface area contributed by atoms with Gasteiger partial charge in [0.15, 0.2) is 4.96 Å². The number of nitrogens with one attached hydrogen (secondary N) is 1. The van der Waals surface area contributed by atoms with Crippen LogP contribution in [0.1, 0.15) is 55.3 Å². The van der Waals surface area contributed by atoms with E-state index in [1.54, 1.807) is 11.3 Å². The van der Waals surface area contributed by atoms with Gasteiger partial charge in [0.2, 0.25) is 0 Å². The molecule has 0 amide bonds. The highest BCUT2D eigenvalue weighted by Gasteiger charge is 2.26. The van der Waals surface area contributed by atoms with Crippen LogP contribution >= 0.6 is 11.3 Å². The maximum absolute atomic E-state index is 4.66. The van der Waals surface area contributed by atoms with Gasteiger partial charge in [0, 0.05) is 23.2 Å². The van der Waals surface area contributed by atoms with Crippen LogP contribution in [0.3, 0.4) is 0 Å². The van der Waals surface area contributed by atoms with Gasteiger partial charge in [-0.05, 0) is 33.6 Å². The Bertz CT molecular complexity index is 575. The Morgan fingerprint density at radius 1 is 1.32 bits per heavy atom. The van der Waals surface area contributed by atoms with Crippen LogP contribution in [0.5, 0.6) is 0 Å². The van der Waals surface area contributed by atoms with Gasteiger partial charge < -0.3 is 5.32 Å². The van der Waals surface area contributed by atoms with Crippen LogP contribution in [0.2, 0.25) is 0 Å². The molecule has 0 bridgehead atoms. The summed E-state index contributed by atoms with van der Waals surface area (Å²) in [4.78, 5) is 7.11. The van der Waals surface area contributed by atoms with E-state index in [4.69, 9.17) is 0 Å². The molecular formula is C15H23N3S. The first-order chi connectivity index (χ1) is 9.07. The van der Waals surface area contributed by atoms with Gasteiger partial charge in [-0.2, -0.15) is 0 Å². The molecule has 0 aromatic carbocycles. The molecule has 0 spiro atoms. The summed E-state index contributed by atoms with van der Waals surface area (Å²) >= 11 is 1.77. The third-order valence-corrected chi connectivity index (χ3v) is 5.28. The predicted molar refractivity (Wildman–Crippen MR) is 80.9 cm³/mol. The summed E-state index contributed by atoms with van der Waals surface area (Å²) in [6, 6.07) is 0. The first kappa shape index (κ1) is 13.1. The van der Waals surface area contributed by atoms with Crippen molar-refractivity contribution in [1.29, 1.82) is 0 Å². The lowest BCUT2D eigenvalue weighted by Gasteiger charge is -2.34. The largest absolute Gasteiger partial charge is 0.306 e. The van der Waals surface area contributed by atoms with Crippen molar-refractivity contribution in [3.63, 3.8) is 0 Å². The molecule has 3 rings (SSSR count). The number of nitrogens with zero attached hydrogens (tertiary/aromatic N) is 2. The van der Waals surface area contributed by atoms with Gasteiger partial charge in [-0.1, -0.05) is 19.3 Å². The molecule has 0 aliphatic heterocycles. The van der Waals surface area contributed by atoms with Gasteiger partial charge >= 0.3 is 0 Å². The van der Waals surface area contributed by atoms with E-state index in [1.165, 1.54) is 42.7 Å². The van der Waals surface area contributed by atoms with Crippen LogP contribution in [-0.4, -0.2) is 14.9 Å². The quantitative estimate of drug-likeness (QED) is 0.924. The summed E-state index contributed by atoms with van der Waals surface area (Å²) in [5.74, 6) is 0. The average Bonchev–Trinajstić information content (AvgIpc) is 2.83. The summed E-state index contributed by atoms with van der Waals surface area (Å²) in [6.45, 7) is 7.57. The number of rotatable bonds is 3. The van der Waals surface area contributed by atoms with Crippen LogP contribution in [0.15, 0.2) is 6.20 Å². The molecule has 2 aromatic rings. The van der Waals surface area contributed by atoms with Crippen molar-refractivity contribution in [1.82, 2.24) is 14.7 Å². The zero-order valence-corrected chi connectivity index (χ0v) is 12.9. The second-order valence-electron chi connectivity index (χ2n) is 6.11. The van der Waals surface area contributed by atoms with Crippen molar-refractivity contribution in [2.45, 2.75) is 65.0 Å². The minimum atomic E-state index is 0.319. The van der Waals surface area contributed by atoms with Gasteiger partial charge in [0.05, 0.1) is 11.4 Å². The SMILES string of the molecule is Cc1cn2c(CNC3(C)CCCCC3)c(C)nc2s1. The molecule has 0 atom stereocenters. The summed E-state index contributed by atoms with van der Waals surface area (Å²) < 4.78 is 2.26. The van der Waals surface area contributed by atoms with E-state index in [-0.39, 0.29) is 0 Å². The standard InChI is InChI=1S/C15H23N3S/c1-11-10-18-13(12(2)17-14(18)19-11)9-16-15(3)7-5-4-6-8-15/h10,16H,4-9H2,1-3H3. The fourth-order valence-corrected chi connectivity index (χ4v) is 4.02. The molecule has 1 aliphatic carbocycles. The number of aromatic nitrogens is 2. The highest BCUT2D eigenvalue weighted by Crippen LogP contribution is 2.28. The van der Waals surface area contributed by atoms with Gasteiger partial charge in [-0.25, -0.2) is 4.98 Å². The van der Waals surface area contributed by atoms with Crippen molar-refractivity contribution in [2.75, 3.05) is 0 Å². The molecule has 0 unspecified atom stereocenters. The highest BCUT2D eigenvalue weighted by molar-refractivity contribution is 7.17. The van der Waals surface area contributed by atoms with Crippen LogP contribution in [0.4, 0.5) is 0 Å². The second kappa shape index (κ2) is 4.91. The Morgan fingerprint density at radius 2 is 2.05 bits per heavy atom. The second-order valence-corrected chi connectivity index (χ2v) is 7.33. The molecule has 4 heteroatoms. The Labute approximate surface area is 119 Å². The van der Waals surface area contributed by atoms with Crippen LogP contribution in [0, 0.1) is 13.8 Å². The molecule has 1 saturated carbocycles. The Balaban J connectivity index is 1.79. The average molecular weight is 277 g/mol. The zero-order valence-electron chi connectivity index (χ0n) is 12.1. The third-order valence-electron chi connectivity index (χ3n) is 4.38. The lowest BCUT2D eigenvalue weighted by Crippen LogP contribution is -2.43. The van der Waals surface area contributed by atoms with E-state index in [1.807, 2.05) is 0 Å². The normalized spacial score (nSPS) is 19.1. The lowest BCUT2D eigenvalue weighted by atomic mass is 9.83. The molecular weight excluding hydrogens is 254 g/mol. The van der Waals surface area contributed by atoms with Crippen LogP contribution in [0.25, 0.3) is 4.96 Å². The smallest absolute Gasteiger partial charge is 0.194 e. The molecule has 1 fully saturated rings. The molecule has 2 aromatic heterocycles. The van der Waals surface area contributed by atoms with E-state index in [0.29, 0.717) is 5.54 Å². The monoisotopic (exact) mass is 277 g/mol. The minimum Gasteiger partial charge on any atom is -0.306 e. The third kappa shape index (κ3) is 2.56. The Morgan fingerprint density at radius 3 is 2.79 bits per heavy atom. The van der Waals surface area contributed by atoms with Gasteiger partial charge in [-0.3, -0.25) is 4.40 Å². The van der Waals surface area contributed by atoms with Crippen molar-refractivity contribution < 1.29 is 0 Å². The van der Waals surface area contributed by atoms with Gasteiger partial charge in [0.25, 0.3) is 0 Å². The number of hydrogen-bond acceptors (Lipinski definition) is 3. The van der Waals surface area contributed by atoms with Gasteiger partial charge in [-0.15, -0.1) is 11.3 Å². The number of thiazole rings is 1.